The molecule has 2 aromatic rings. The Balaban J connectivity index is 2.21. The Morgan fingerprint density at radius 3 is 2.68 bits per heavy atom. The first-order valence-corrected chi connectivity index (χ1v) is 7.55. The van der Waals surface area contributed by atoms with Gasteiger partial charge in [-0.3, -0.25) is 0 Å². The van der Waals surface area contributed by atoms with Crippen molar-refractivity contribution in [2.24, 2.45) is 0 Å². The lowest BCUT2D eigenvalue weighted by Gasteiger charge is -2.15. The van der Waals surface area contributed by atoms with Crippen LogP contribution in [0.4, 0.5) is 5.69 Å². The number of benzene rings is 2. The van der Waals surface area contributed by atoms with E-state index in [1.165, 1.54) is 16.8 Å². The molecule has 0 aliphatic heterocycles. The van der Waals surface area contributed by atoms with E-state index in [4.69, 9.17) is 11.6 Å². The minimum absolute atomic E-state index is 0.732. The van der Waals surface area contributed by atoms with Crippen LogP contribution >= 0.6 is 27.5 Å². The Hall–Kier alpha value is -0.990. The first-order chi connectivity index (χ1) is 9.11. The van der Waals surface area contributed by atoms with Gasteiger partial charge in [0.1, 0.15) is 0 Å². The topological polar surface area (TPSA) is 12.0 Å². The SMILES string of the molecule is CCc1cccc(C)c1NCc1cc(Br)ccc1Cl. The van der Waals surface area contributed by atoms with Gasteiger partial charge in [-0.1, -0.05) is 52.7 Å². The third-order valence-electron chi connectivity index (χ3n) is 3.20. The van der Waals surface area contributed by atoms with Crippen LogP contribution < -0.4 is 5.32 Å². The Kier molecular flexibility index (Phi) is 4.89. The van der Waals surface area contributed by atoms with E-state index in [-0.39, 0.29) is 0 Å². The number of para-hydroxylation sites is 1. The van der Waals surface area contributed by atoms with Gasteiger partial charge >= 0.3 is 0 Å². The molecule has 0 saturated carbocycles. The Bertz CT molecular complexity index is 581. The Labute approximate surface area is 128 Å². The fourth-order valence-corrected chi connectivity index (χ4v) is 2.73. The molecular weight excluding hydrogens is 322 g/mol. The van der Waals surface area contributed by atoms with Gasteiger partial charge in [-0.2, -0.15) is 0 Å². The lowest BCUT2D eigenvalue weighted by atomic mass is 10.1. The second-order valence-corrected chi connectivity index (χ2v) is 5.87. The molecule has 0 atom stereocenters. The van der Waals surface area contributed by atoms with E-state index in [1.54, 1.807) is 0 Å². The van der Waals surface area contributed by atoms with Crippen molar-refractivity contribution < 1.29 is 0 Å². The zero-order valence-corrected chi connectivity index (χ0v) is 13.5. The molecule has 1 N–H and O–H groups in total. The summed E-state index contributed by atoms with van der Waals surface area (Å²) < 4.78 is 1.05. The molecule has 0 saturated heterocycles. The summed E-state index contributed by atoms with van der Waals surface area (Å²) in [5.41, 5.74) is 4.93. The maximum atomic E-state index is 6.22. The third kappa shape index (κ3) is 3.52. The molecule has 2 rings (SSSR count). The molecule has 0 spiro atoms. The van der Waals surface area contributed by atoms with E-state index < -0.39 is 0 Å². The molecule has 0 aliphatic rings. The minimum Gasteiger partial charge on any atom is -0.380 e. The molecule has 0 amide bonds. The molecule has 0 aromatic heterocycles. The van der Waals surface area contributed by atoms with Gasteiger partial charge < -0.3 is 5.32 Å². The lowest BCUT2D eigenvalue weighted by molar-refractivity contribution is 1.08. The minimum atomic E-state index is 0.732. The van der Waals surface area contributed by atoms with Crippen molar-refractivity contribution in [3.63, 3.8) is 0 Å². The molecule has 0 radical (unpaired) electrons. The van der Waals surface area contributed by atoms with Crippen LogP contribution in [0, 0.1) is 6.92 Å². The summed E-state index contributed by atoms with van der Waals surface area (Å²) in [6, 6.07) is 12.3. The van der Waals surface area contributed by atoms with Crippen LogP contribution in [0.1, 0.15) is 23.6 Å². The largest absolute Gasteiger partial charge is 0.380 e. The molecule has 2 aromatic carbocycles. The van der Waals surface area contributed by atoms with Crippen molar-refractivity contribution >= 4 is 33.2 Å². The summed E-state index contributed by atoms with van der Waals surface area (Å²) in [5.74, 6) is 0. The predicted octanol–water partition coefficient (Wildman–Crippen LogP) is 5.59. The lowest BCUT2D eigenvalue weighted by Crippen LogP contribution is -2.04. The molecule has 100 valence electrons. The van der Waals surface area contributed by atoms with E-state index in [1.807, 2.05) is 12.1 Å². The second-order valence-electron chi connectivity index (χ2n) is 4.55. The van der Waals surface area contributed by atoms with Crippen LogP contribution in [-0.4, -0.2) is 0 Å². The van der Waals surface area contributed by atoms with Gasteiger partial charge in [0.05, 0.1) is 0 Å². The van der Waals surface area contributed by atoms with E-state index in [2.05, 4.69) is 59.4 Å². The molecule has 0 unspecified atom stereocenters. The average Bonchev–Trinajstić information content (AvgIpc) is 2.40. The monoisotopic (exact) mass is 337 g/mol. The number of halogens is 2. The van der Waals surface area contributed by atoms with Crippen LogP contribution in [0.15, 0.2) is 40.9 Å². The number of hydrogen-bond acceptors (Lipinski definition) is 1. The van der Waals surface area contributed by atoms with Gasteiger partial charge in [0.25, 0.3) is 0 Å². The standard InChI is InChI=1S/C16H17BrClN/c1-3-12-6-4-5-11(2)16(12)19-10-13-9-14(17)7-8-15(13)18/h4-9,19H,3,10H2,1-2H3. The van der Waals surface area contributed by atoms with Gasteiger partial charge in [-0.05, 0) is 48.2 Å². The average molecular weight is 339 g/mol. The molecule has 0 fully saturated rings. The summed E-state index contributed by atoms with van der Waals surface area (Å²) in [6.07, 6.45) is 1.02. The highest BCUT2D eigenvalue weighted by Gasteiger charge is 2.06. The van der Waals surface area contributed by atoms with E-state index in [9.17, 15) is 0 Å². The van der Waals surface area contributed by atoms with E-state index in [0.717, 1.165) is 28.0 Å². The maximum Gasteiger partial charge on any atom is 0.0456 e. The first kappa shape index (κ1) is 14.4. The molecular formula is C16H17BrClN. The fraction of sp³-hybridized carbons (Fsp3) is 0.250. The van der Waals surface area contributed by atoms with Crippen LogP contribution in [0.25, 0.3) is 0 Å². The van der Waals surface area contributed by atoms with Crippen molar-refractivity contribution in [2.75, 3.05) is 5.32 Å². The van der Waals surface area contributed by atoms with Crippen molar-refractivity contribution in [1.82, 2.24) is 0 Å². The molecule has 3 heteroatoms. The zero-order chi connectivity index (χ0) is 13.8. The third-order valence-corrected chi connectivity index (χ3v) is 4.07. The van der Waals surface area contributed by atoms with Gasteiger partial charge in [0.15, 0.2) is 0 Å². The van der Waals surface area contributed by atoms with Crippen molar-refractivity contribution in [3.05, 3.63) is 62.6 Å². The summed E-state index contributed by atoms with van der Waals surface area (Å²) in [7, 11) is 0. The number of aryl methyl sites for hydroxylation is 2. The normalized spacial score (nSPS) is 10.5. The number of rotatable bonds is 4. The molecule has 19 heavy (non-hydrogen) atoms. The number of hydrogen-bond donors (Lipinski definition) is 1. The quantitative estimate of drug-likeness (QED) is 0.766. The molecule has 0 aliphatic carbocycles. The first-order valence-electron chi connectivity index (χ1n) is 6.38. The van der Waals surface area contributed by atoms with Crippen molar-refractivity contribution in [1.29, 1.82) is 0 Å². The zero-order valence-electron chi connectivity index (χ0n) is 11.1. The van der Waals surface area contributed by atoms with E-state index in [0.29, 0.717) is 0 Å². The van der Waals surface area contributed by atoms with Crippen LogP contribution in [0.2, 0.25) is 5.02 Å². The Morgan fingerprint density at radius 1 is 1.16 bits per heavy atom. The van der Waals surface area contributed by atoms with Crippen LogP contribution in [-0.2, 0) is 13.0 Å². The van der Waals surface area contributed by atoms with Crippen molar-refractivity contribution in [2.45, 2.75) is 26.8 Å². The van der Waals surface area contributed by atoms with Gasteiger partial charge in [0.2, 0.25) is 0 Å². The van der Waals surface area contributed by atoms with E-state index >= 15 is 0 Å². The molecule has 1 nitrogen and oxygen atoms in total. The van der Waals surface area contributed by atoms with Gasteiger partial charge in [-0.25, -0.2) is 0 Å². The summed E-state index contributed by atoms with van der Waals surface area (Å²) in [5, 5.41) is 4.31. The molecule has 0 bridgehead atoms. The van der Waals surface area contributed by atoms with Gasteiger partial charge in [0, 0.05) is 21.7 Å². The fourth-order valence-electron chi connectivity index (χ4n) is 2.14. The highest BCUT2D eigenvalue weighted by atomic mass is 79.9. The van der Waals surface area contributed by atoms with Gasteiger partial charge in [-0.15, -0.1) is 0 Å². The second kappa shape index (κ2) is 6.44. The van der Waals surface area contributed by atoms with Crippen molar-refractivity contribution in [3.8, 4) is 0 Å². The summed E-state index contributed by atoms with van der Waals surface area (Å²) in [6.45, 7) is 5.03. The number of nitrogens with one attached hydrogen (secondary N) is 1. The smallest absolute Gasteiger partial charge is 0.0456 e. The maximum absolute atomic E-state index is 6.22. The molecule has 0 heterocycles. The Morgan fingerprint density at radius 2 is 1.95 bits per heavy atom. The highest BCUT2D eigenvalue weighted by Crippen LogP contribution is 2.25. The van der Waals surface area contributed by atoms with Crippen LogP contribution in [0.5, 0.6) is 0 Å². The predicted molar refractivity (Wildman–Crippen MR) is 87.0 cm³/mol. The highest BCUT2D eigenvalue weighted by molar-refractivity contribution is 9.10. The van der Waals surface area contributed by atoms with Crippen LogP contribution in [0.3, 0.4) is 0 Å². The summed E-state index contributed by atoms with van der Waals surface area (Å²) in [4.78, 5) is 0. The number of anilines is 1. The summed E-state index contributed by atoms with van der Waals surface area (Å²) >= 11 is 9.69.